The van der Waals surface area contributed by atoms with E-state index in [-0.39, 0.29) is 0 Å². The predicted molar refractivity (Wildman–Crippen MR) is 84.6 cm³/mol. The van der Waals surface area contributed by atoms with E-state index in [1.54, 1.807) is 0 Å². The lowest BCUT2D eigenvalue weighted by molar-refractivity contribution is 1.06. The molecule has 3 N–H and O–H groups in total. The Labute approximate surface area is 122 Å². The van der Waals surface area contributed by atoms with Crippen LogP contribution in [0.25, 0.3) is 11.4 Å². The lowest BCUT2D eigenvalue weighted by atomic mass is 10.1. The van der Waals surface area contributed by atoms with Crippen molar-refractivity contribution in [2.45, 2.75) is 11.5 Å². The molecule has 2 aromatic rings. The van der Waals surface area contributed by atoms with Crippen molar-refractivity contribution in [3.8, 4) is 11.4 Å². The van der Waals surface area contributed by atoms with E-state index in [1.807, 2.05) is 38.0 Å². The van der Waals surface area contributed by atoms with Crippen LogP contribution in [0.5, 0.6) is 0 Å². The van der Waals surface area contributed by atoms with E-state index in [0.717, 1.165) is 45.7 Å². The van der Waals surface area contributed by atoms with Crippen LogP contribution in [-0.4, -0.2) is 24.1 Å². The van der Waals surface area contributed by atoms with Gasteiger partial charge in [-0.1, -0.05) is 0 Å². The van der Waals surface area contributed by atoms with Gasteiger partial charge in [0.15, 0.2) is 5.82 Å². The normalized spacial score (nSPS) is 13.2. The van der Waals surface area contributed by atoms with Crippen molar-refractivity contribution in [2.75, 3.05) is 24.4 Å². The minimum Gasteiger partial charge on any atom is -0.378 e. The molecule has 0 saturated heterocycles. The summed E-state index contributed by atoms with van der Waals surface area (Å²) in [5, 5.41) is 0. The molecule has 0 aliphatic carbocycles. The number of hydrogen-bond acceptors (Lipinski definition) is 6. The second-order valence-electron chi connectivity index (χ2n) is 4.90. The minimum absolute atomic E-state index is 0.726. The third kappa shape index (κ3) is 2.32. The van der Waals surface area contributed by atoms with Crippen molar-refractivity contribution in [1.29, 1.82) is 0 Å². The van der Waals surface area contributed by atoms with Gasteiger partial charge in [-0.2, -0.15) is 11.8 Å². The van der Waals surface area contributed by atoms with Crippen molar-refractivity contribution in [1.82, 2.24) is 9.97 Å². The fourth-order valence-corrected chi connectivity index (χ4v) is 3.25. The molecule has 2 heterocycles. The maximum Gasteiger partial charge on any atom is 0.161 e. The molecule has 0 atom stereocenters. The van der Waals surface area contributed by atoms with Crippen molar-refractivity contribution in [2.24, 2.45) is 5.84 Å². The first-order chi connectivity index (χ1) is 9.69. The highest BCUT2D eigenvalue weighted by molar-refractivity contribution is 7.98. The average molecular weight is 287 g/mol. The quantitative estimate of drug-likeness (QED) is 0.666. The zero-order valence-electron chi connectivity index (χ0n) is 11.6. The average Bonchev–Trinajstić information content (AvgIpc) is 2.94. The molecule has 0 spiro atoms. The third-order valence-electron chi connectivity index (χ3n) is 3.36. The number of anilines is 2. The van der Waals surface area contributed by atoms with E-state index in [4.69, 9.17) is 5.84 Å². The molecule has 0 bridgehead atoms. The molecule has 20 heavy (non-hydrogen) atoms. The van der Waals surface area contributed by atoms with E-state index < -0.39 is 0 Å². The second kappa shape index (κ2) is 5.30. The molecule has 0 amide bonds. The Morgan fingerprint density at radius 1 is 1.15 bits per heavy atom. The zero-order valence-corrected chi connectivity index (χ0v) is 12.4. The molecule has 1 aromatic carbocycles. The number of aromatic nitrogens is 2. The Hall–Kier alpha value is -1.79. The van der Waals surface area contributed by atoms with Crippen LogP contribution in [0.15, 0.2) is 24.3 Å². The monoisotopic (exact) mass is 287 g/mol. The fourth-order valence-electron chi connectivity index (χ4n) is 2.21. The summed E-state index contributed by atoms with van der Waals surface area (Å²) in [6.45, 7) is 0. The summed E-state index contributed by atoms with van der Waals surface area (Å²) in [6, 6.07) is 8.21. The number of nitrogens with one attached hydrogen (secondary N) is 1. The smallest absolute Gasteiger partial charge is 0.161 e. The van der Waals surface area contributed by atoms with E-state index in [2.05, 4.69) is 32.4 Å². The van der Waals surface area contributed by atoms with E-state index in [9.17, 15) is 0 Å². The zero-order chi connectivity index (χ0) is 14.1. The van der Waals surface area contributed by atoms with Crippen LogP contribution in [0.2, 0.25) is 0 Å². The Kier molecular flexibility index (Phi) is 3.50. The summed E-state index contributed by atoms with van der Waals surface area (Å²) in [6.07, 6.45) is 0. The Morgan fingerprint density at radius 3 is 2.55 bits per heavy atom. The first kappa shape index (κ1) is 13.2. The fraction of sp³-hybridized carbons (Fsp3) is 0.286. The molecule has 0 unspecified atom stereocenters. The third-order valence-corrected chi connectivity index (χ3v) is 4.33. The van der Waals surface area contributed by atoms with Crippen LogP contribution in [-0.2, 0) is 11.5 Å². The molecule has 0 fully saturated rings. The number of fused-ring (bicyclic) bond motifs is 1. The second-order valence-corrected chi connectivity index (χ2v) is 5.89. The summed E-state index contributed by atoms with van der Waals surface area (Å²) >= 11 is 1.84. The van der Waals surface area contributed by atoms with Crippen molar-refractivity contribution in [3.05, 3.63) is 35.5 Å². The molecular formula is C14H17N5S. The van der Waals surface area contributed by atoms with E-state index in [1.165, 1.54) is 0 Å². The van der Waals surface area contributed by atoms with Crippen LogP contribution >= 0.6 is 11.8 Å². The maximum absolute atomic E-state index is 5.58. The van der Waals surface area contributed by atoms with Gasteiger partial charge in [0.2, 0.25) is 0 Å². The lowest BCUT2D eigenvalue weighted by Crippen LogP contribution is -2.13. The van der Waals surface area contributed by atoms with Gasteiger partial charge >= 0.3 is 0 Å². The summed E-state index contributed by atoms with van der Waals surface area (Å²) in [5.74, 6) is 8.90. The summed E-state index contributed by atoms with van der Waals surface area (Å²) < 4.78 is 0. The molecule has 104 valence electrons. The summed E-state index contributed by atoms with van der Waals surface area (Å²) in [4.78, 5) is 11.3. The Bertz CT molecular complexity index is 624. The van der Waals surface area contributed by atoms with Gasteiger partial charge in [0.1, 0.15) is 5.82 Å². The maximum atomic E-state index is 5.58. The Morgan fingerprint density at radius 2 is 1.90 bits per heavy atom. The summed E-state index contributed by atoms with van der Waals surface area (Å²) in [7, 11) is 4.04. The number of nitrogens with two attached hydrogens (primary N) is 1. The number of hydrazine groups is 1. The number of nitrogen functional groups attached to an aromatic ring is 1. The van der Waals surface area contributed by atoms with Gasteiger partial charge in [-0.15, -0.1) is 0 Å². The number of benzene rings is 1. The van der Waals surface area contributed by atoms with Gasteiger partial charge in [-0.05, 0) is 24.3 Å². The van der Waals surface area contributed by atoms with Crippen molar-refractivity contribution >= 4 is 23.3 Å². The summed E-state index contributed by atoms with van der Waals surface area (Å²) in [5.41, 5.74) is 7.07. The number of thioether (sulfide) groups is 1. The van der Waals surface area contributed by atoms with E-state index >= 15 is 0 Å². The topological polar surface area (TPSA) is 67.1 Å². The van der Waals surface area contributed by atoms with Gasteiger partial charge in [-0.25, -0.2) is 15.8 Å². The first-order valence-electron chi connectivity index (χ1n) is 6.41. The molecule has 1 aromatic heterocycles. The highest BCUT2D eigenvalue weighted by Gasteiger charge is 2.19. The highest BCUT2D eigenvalue weighted by atomic mass is 32.2. The molecule has 1 aliphatic rings. The minimum atomic E-state index is 0.726. The van der Waals surface area contributed by atoms with Crippen molar-refractivity contribution in [3.63, 3.8) is 0 Å². The van der Waals surface area contributed by atoms with E-state index in [0.29, 0.717) is 0 Å². The number of hydrogen-bond donors (Lipinski definition) is 2. The molecule has 1 aliphatic heterocycles. The number of nitrogens with zero attached hydrogens (tertiary/aromatic N) is 3. The van der Waals surface area contributed by atoms with Gasteiger partial charge in [0, 0.05) is 42.4 Å². The van der Waals surface area contributed by atoms with Crippen LogP contribution in [0, 0.1) is 0 Å². The Balaban J connectivity index is 2.02. The predicted octanol–water partition coefficient (Wildman–Crippen LogP) is 2.24. The van der Waals surface area contributed by atoms with Crippen LogP contribution < -0.4 is 16.2 Å². The molecule has 0 saturated carbocycles. The van der Waals surface area contributed by atoms with Gasteiger partial charge < -0.3 is 10.3 Å². The molecule has 5 nitrogen and oxygen atoms in total. The standard InChI is InChI=1S/C14H17N5S/c1-19(2)10-5-3-9(4-6-10)13-16-12-8-20-7-11(12)14(17-13)18-15/h3-6H,7-8,15H2,1-2H3,(H,16,17,18). The highest BCUT2D eigenvalue weighted by Crippen LogP contribution is 2.34. The largest absolute Gasteiger partial charge is 0.378 e. The molecule has 3 rings (SSSR count). The lowest BCUT2D eigenvalue weighted by Gasteiger charge is -2.13. The molecule has 6 heteroatoms. The van der Waals surface area contributed by atoms with Crippen LogP contribution in [0.4, 0.5) is 11.5 Å². The molecular weight excluding hydrogens is 270 g/mol. The van der Waals surface area contributed by atoms with Gasteiger partial charge in [-0.3, -0.25) is 0 Å². The molecule has 0 radical (unpaired) electrons. The SMILES string of the molecule is CN(C)c1ccc(-c2nc3c(c(NN)n2)CSC3)cc1. The number of rotatable bonds is 3. The van der Waals surface area contributed by atoms with Crippen LogP contribution in [0.3, 0.4) is 0 Å². The van der Waals surface area contributed by atoms with Crippen molar-refractivity contribution < 1.29 is 0 Å². The van der Waals surface area contributed by atoms with Gasteiger partial charge in [0.25, 0.3) is 0 Å². The van der Waals surface area contributed by atoms with Crippen LogP contribution in [0.1, 0.15) is 11.3 Å². The first-order valence-corrected chi connectivity index (χ1v) is 7.56. The van der Waals surface area contributed by atoms with Gasteiger partial charge in [0.05, 0.1) is 5.69 Å².